The van der Waals surface area contributed by atoms with Gasteiger partial charge < -0.3 is 19.0 Å². The molecule has 0 aliphatic carbocycles. The molecule has 0 saturated heterocycles. The summed E-state index contributed by atoms with van der Waals surface area (Å²) in [7, 11) is 4.02. The topological polar surface area (TPSA) is 122 Å². The van der Waals surface area contributed by atoms with Crippen molar-refractivity contribution in [3.63, 3.8) is 0 Å². The summed E-state index contributed by atoms with van der Waals surface area (Å²) in [6, 6.07) is 7.76. The zero-order valence-electron chi connectivity index (χ0n) is 19.2. The van der Waals surface area contributed by atoms with Crippen molar-refractivity contribution in [3.05, 3.63) is 61.6 Å². The van der Waals surface area contributed by atoms with Crippen LogP contribution in [0.3, 0.4) is 0 Å². The third-order valence-corrected chi connectivity index (χ3v) is 5.70. The van der Waals surface area contributed by atoms with Crippen molar-refractivity contribution in [1.82, 2.24) is 40.0 Å². The van der Waals surface area contributed by atoms with Crippen molar-refractivity contribution in [2.45, 2.75) is 0 Å². The predicted molar refractivity (Wildman–Crippen MR) is 132 cm³/mol. The zero-order chi connectivity index (χ0) is 23.8. The predicted octanol–water partition coefficient (Wildman–Crippen LogP) is 4.16. The molecule has 10 heteroatoms. The molecule has 0 bridgehead atoms. The molecule has 0 saturated carbocycles. The fourth-order valence-electron chi connectivity index (χ4n) is 3.90. The Hall–Kier alpha value is -4.57. The highest BCUT2D eigenvalue weighted by Gasteiger charge is 2.17. The van der Waals surface area contributed by atoms with Crippen LogP contribution in [0.1, 0.15) is 0 Å². The summed E-state index contributed by atoms with van der Waals surface area (Å²) in [4.78, 5) is 23.7. The number of imidazole rings is 1. The second-order valence-electron chi connectivity index (χ2n) is 8.41. The molecule has 6 aromatic heterocycles. The molecule has 2 N–H and O–H groups in total. The van der Waals surface area contributed by atoms with Gasteiger partial charge in [-0.1, -0.05) is 0 Å². The van der Waals surface area contributed by atoms with Crippen molar-refractivity contribution >= 4 is 22.1 Å². The summed E-state index contributed by atoms with van der Waals surface area (Å²) >= 11 is 0. The number of furan rings is 1. The average Bonchev–Trinajstić information content (AvgIpc) is 3.62. The Labute approximate surface area is 200 Å². The summed E-state index contributed by atoms with van der Waals surface area (Å²) in [6.07, 6.45) is 10.3. The standard InChI is InChI=1S/C25H22N8O2/c1-33(2)6-8-35-18-9-16(11-26-13-18)17-10-19-22(31-32-24(19)28-12-17)25-29-20-3-5-27-21(23(20)30-25)15-4-7-34-14-15/h3-5,7,9-14H,6,8H2,1-2H3,(H,29,30)(H,28,31,32). The van der Waals surface area contributed by atoms with Gasteiger partial charge in [0.2, 0.25) is 0 Å². The Kier molecular flexibility index (Phi) is 5.19. The van der Waals surface area contributed by atoms with Gasteiger partial charge in [-0.05, 0) is 38.4 Å². The molecule has 6 heterocycles. The number of fused-ring (bicyclic) bond motifs is 2. The van der Waals surface area contributed by atoms with Crippen LogP contribution in [0.5, 0.6) is 5.75 Å². The van der Waals surface area contributed by atoms with Gasteiger partial charge in [-0.15, -0.1) is 0 Å². The minimum Gasteiger partial charge on any atom is -0.491 e. The maximum absolute atomic E-state index is 5.85. The van der Waals surface area contributed by atoms with Crippen LogP contribution in [-0.4, -0.2) is 67.3 Å². The Morgan fingerprint density at radius 1 is 1.03 bits per heavy atom. The van der Waals surface area contributed by atoms with Gasteiger partial charge in [0.25, 0.3) is 0 Å². The van der Waals surface area contributed by atoms with Crippen LogP contribution in [0.4, 0.5) is 0 Å². The lowest BCUT2D eigenvalue weighted by molar-refractivity contribution is 0.261. The molecule has 0 radical (unpaired) electrons. The number of hydrogen-bond donors (Lipinski definition) is 2. The van der Waals surface area contributed by atoms with Crippen LogP contribution in [0.2, 0.25) is 0 Å². The molecule has 0 amide bonds. The molecule has 0 unspecified atom stereocenters. The maximum atomic E-state index is 5.85. The van der Waals surface area contributed by atoms with Gasteiger partial charge in [0.1, 0.15) is 29.3 Å². The zero-order valence-corrected chi connectivity index (χ0v) is 19.2. The van der Waals surface area contributed by atoms with Crippen molar-refractivity contribution < 1.29 is 9.15 Å². The van der Waals surface area contributed by atoms with Gasteiger partial charge in [-0.3, -0.25) is 15.1 Å². The van der Waals surface area contributed by atoms with Crippen molar-refractivity contribution in [3.8, 4) is 39.7 Å². The van der Waals surface area contributed by atoms with Crippen molar-refractivity contribution in [1.29, 1.82) is 0 Å². The highest BCUT2D eigenvalue weighted by atomic mass is 16.5. The summed E-state index contributed by atoms with van der Waals surface area (Å²) in [5.41, 5.74) is 6.39. The molecule has 0 atom stereocenters. The molecule has 6 aromatic rings. The number of rotatable bonds is 7. The van der Waals surface area contributed by atoms with E-state index in [1.165, 1.54) is 0 Å². The van der Waals surface area contributed by atoms with E-state index < -0.39 is 0 Å². The van der Waals surface area contributed by atoms with Crippen LogP contribution in [0.25, 0.3) is 56.0 Å². The number of H-pyrrole nitrogens is 2. The van der Waals surface area contributed by atoms with E-state index in [1.54, 1.807) is 37.3 Å². The monoisotopic (exact) mass is 466 g/mol. The van der Waals surface area contributed by atoms with Crippen molar-refractivity contribution in [2.75, 3.05) is 27.2 Å². The number of aromatic nitrogens is 7. The van der Waals surface area contributed by atoms with Crippen LogP contribution >= 0.6 is 0 Å². The molecule has 0 aliphatic rings. The van der Waals surface area contributed by atoms with Crippen molar-refractivity contribution in [2.24, 2.45) is 0 Å². The first-order valence-electron chi connectivity index (χ1n) is 11.1. The molecular formula is C25H22N8O2. The molecule has 174 valence electrons. The first-order valence-corrected chi connectivity index (χ1v) is 11.1. The molecule has 10 nitrogen and oxygen atoms in total. The van der Waals surface area contributed by atoms with E-state index >= 15 is 0 Å². The Morgan fingerprint density at radius 2 is 1.94 bits per heavy atom. The Balaban J connectivity index is 1.38. The average molecular weight is 467 g/mol. The third kappa shape index (κ3) is 4.00. The molecule has 0 aliphatic heterocycles. The van der Waals surface area contributed by atoms with E-state index in [9.17, 15) is 0 Å². The SMILES string of the molecule is CN(C)CCOc1cncc(-c2cnc3n[nH]c(-c4nc5c(-c6ccoc6)nccc5[nH]4)c3c2)c1. The second-order valence-corrected chi connectivity index (χ2v) is 8.41. The first kappa shape index (κ1) is 21.0. The number of ether oxygens (including phenoxy) is 1. The number of nitrogens with zero attached hydrogens (tertiary/aromatic N) is 6. The minimum atomic E-state index is 0.586. The summed E-state index contributed by atoms with van der Waals surface area (Å²) < 4.78 is 11.1. The fraction of sp³-hybridized carbons (Fsp3) is 0.160. The maximum Gasteiger partial charge on any atom is 0.181 e. The van der Waals surface area contributed by atoms with E-state index in [-0.39, 0.29) is 0 Å². The molecule has 0 aromatic carbocycles. The quantitative estimate of drug-likeness (QED) is 0.360. The lowest BCUT2D eigenvalue weighted by Crippen LogP contribution is -2.19. The second kappa shape index (κ2) is 8.65. The van der Waals surface area contributed by atoms with Gasteiger partial charge in [-0.25, -0.2) is 9.97 Å². The number of hydrogen-bond acceptors (Lipinski definition) is 8. The third-order valence-electron chi connectivity index (χ3n) is 5.70. The number of likely N-dealkylation sites (N-methyl/N-ethyl adjacent to an activating group) is 1. The number of nitrogens with one attached hydrogen (secondary N) is 2. The first-order chi connectivity index (χ1) is 17.2. The van der Waals surface area contributed by atoms with Gasteiger partial charge >= 0.3 is 0 Å². The van der Waals surface area contributed by atoms with E-state index in [0.717, 1.165) is 51.0 Å². The van der Waals surface area contributed by atoms with E-state index in [2.05, 4.69) is 35.0 Å². The van der Waals surface area contributed by atoms with E-state index in [0.29, 0.717) is 23.8 Å². The summed E-state index contributed by atoms with van der Waals surface area (Å²) in [6.45, 7) is 1.41. The van der Waals surface area contributed by atoms with E-state index in [4.69, 9.17) is 14.1 Å². The smallest absolute Gasteiger partial charge is 0.181 e. The molecule has 0 fully saturated rings. The Bertz CT molecular complexity index is 1620. The van der Waals surface area contributed by atoms with Gasteiger partial charge in [0.05, 0.1) is 29.6 Å². The molecule has 35 heavy (non-hydrogen) atoms. The largest absolute Gasteiger partial charge is 0.491 e. The lowest BCUT2D eigenvalue weighted by Gasteiger charge is -2.11. The fourth-order valence-corrected chi connectivity index (χ4v) is 3.90. The number of pyridine rings is 3. The van der Waals surface area contributed by atoms with Gasteiger partial charge in [-0.2, -0.15) is 5.10 Å². The minimum absolute atomic E-state index is 0.586. The summed E-state index contributed by atoms with van der Waals surface area (Å²) in [5.74, 6) is 1.37. The number of aromatic amines is 2. The highest BCUT2D eigenvalue weighted by molar-refractivity contribution is 5.96. The Morgan fingerprint density at radius 3 is 2.80 bits per heavy atom. The van der Waals surface area contributed by atoms with E-state index in [1.807, 2.05) is 38.4 Å². The summed E-state index contributed by atoms with van der Waals surface area (Å²) in [5, 5.41) is 8.30. The van der Waals surface area contributed by atoms with Gasteiger partial charge in [0, 0.05) is 41.8 Å². The normalized spacial score (nSPS) is 11.6. The molecule has 0 spiro atoms. The highest BCUT2D eigenvalue weighted by Crippen LogP contribution is 2.32. The van der Waals surface area contributed by atoms with Crippen LogP contribution in [0, 0.1) is 0 Å². The molecule has 6 rings (SSSR count). The van der Waals surface area contributed by atoms with Crippen LogP contribution in [-0.2, 0) is 0 Å². The van der Waals surface area contributed by atoms with Gasteiger partial charge in [0.15, 0.2) is 11.5 Å². The lowest BCUT2D eigenvalue weighted by atomic mass is 10.1. The molecular weight excluding hydrogens is 444 g/mol. The van der Waals surface area contributed by atoms with Crippen LogP contribution < -0.4 is 4.74 Å². The van der Waals surface area contributed by atoms with Crippen LogP contribution in [0.15, 0.2) is 66.0 Å².